The summed E-state index contributed by atoms with van der Waals surface area (Å²) < 4.78 is 11.7. The van der Waals surface area contributed by atoms with E-state index in [4.69, 9.17) is 9.47 Å². The molecule has 0 aliphatic carbocycles. The third kappa shape index (κ3) is 13.1. The highest BCUT2D eigenvalue weighted by Gasteiger charge is 2.04. The third-order valence-corrected chi connectivity index (χ3v) is 7.70. The number of hydrogen-bond acceptors (Lipinski definition) is 3. The minimum absolute atomic E-state index is 0.00600. The topological polar surface area (TPSA) is 35.5 Å². The van der Waals surface area contributed by atoms with Crippen molar-refractivity contribution in [2.75, 3.05) is 13.2 Å². The summed E-state index contributed by atoms with van der Waals surface area (Å²) in [5.41, 5.74) is 3.85. The zero-order chi connectivity index (χ0) is 29.7. The number of unbranched alkanes of at least 4 members (excludes halogenated alkanes) is 12. The summed E-state index contributed by atoms with van der Waals surface area (Å²) in [6.45, 7) is 5.94. The zero-order valence-corrected chi connectivity index (χ0v) is 26.1. The van der Waals surface area contributed by atoms with E-state index in [1.54, 1.807) is 6.08 Å². The van der Waals surface area contributed by atoms with Crippen molar-refractivity contribution in [1.82, 2.24) is 0 Å². The molecule has 3 rings (SSSR count). The third-order valence-electron chi connectivity index (χ3n) is 7.70. The second-order valence-corrected chi connectivity index (χ2v) is 11.3. The van der Waals surface area contributed by atoms with Gasteiger partial charge in [0.05, 0.1) is 13.2 Å². The average molecular weight is 569 g/mol. The van der Waals surface area contributed by atoms with E-state index < -0.39 is 0 Å². The first-order chi connectivity index (χ1) is 20.7. The van der Waals surface area contributed by atoms with Crippen LogP contribution in [0, 0.1) is 0 Å². The van der Waals surface area contributed by atoms with Crippen molar-refractivity contribution in [2.24, 2.45) is 0 Å². The lowest BCUT2D eigenvalue weighted by molar-refractivity contribution is 0.104. The monoisotopic (exact) mass is 568 g/mol. The van der Waals surface area contributed by atoms with E-state index in [0.717, 1.165) is 60.7 Å². The van der Waals surface area contributed by atoms with Crippen molar-refractivity contribution < 1.29 is 14.3 Å². The molecule has 0 fully saturated rings. The number of benzene rings is 3. The van der Waals surface area contributed by atoms with Crippen molar-refractivity contribution in [1.29, 1.82) is 0 Å². The molecule has 0 unspecified atom stereocenters. The summed E-state index contributed by atoms with van der Waals surface area (Å²) in [5, 5.41) is 0. The van der Waals surface area contributed by atoms with Crippen LogP contribution in [-0.2, 0) is 0 Å². The number of rotatable bonds is 22. The van der Waals surface area contributed by atoms with Crippen LogP contribution in [0.2, 0.25) is 0 Å². The van der Waals surface area contributed by atoms with Gasteiger partial charge in [-0.2, -0.15) is 0 Å². The van der Waals surface area contributed by atoms with Crippen molar-refractivity contribution in [3.05, 3.63) is 90.0 Å². The van der Waals surface area contributed by atoms with Crippen LogP contribution < -0.4 is 9.47 Å². The SMILES string of the molecule is CCCCCCCCCCCCCCOc1ccc(/C=C/C(=O)c2ccc(-c3ccc(OCCCC)cc3)cc2)cc1. The summed E-state index contributed by atoms with van der Waals surface area (Å²) >= 11 is 0. The van der Waals surface area contributed by atoms with Gasteiger partial charge in [-0.25, -0.2) is 0 Å². The van der Waals surface area contributed by atoms with Crippen molar-refractivity contribution in [2.45, 2.75) is 104 Å². The Morgan fingerprint density at radius 3 is 1.48 bits per heavy atom. The first-order valence-corrected chi connectivity index (χ1v) is 16.5. The molecule has 0 heterocycles. The second-order valence-electron chi connectivity index (χ2n) is 11.3. The molecule has 0 atom stereocenters. The first-order valence-electron chi connectivity index (χ1n) is 16.5. The normalized spacial score (nSPS) is 11.2. The minimum Gasteiger partial charge on any atom is -0.494 e. The Balaban J connectivity index is 1.31. The lowest BCUT2D eigenvalue weighted by Gasteiger charge is -2.07. The molecule has 0 aromatic heterocycles. The molecule has 0 radical (unpaired) electrons. The highest BCUT2D eigenvalue weighted by atomic mass is 16.5. The standard InChI is InChI=1S/C39H52O3/c1-3-5-7-8-9-10-11-12-13-14-15-16-32-42-37-26-17-33(18-27-37)19-30-39(40)36-22-20-34(21-23-36)35-24-28-38(29-25-35)41-31-6-4-2/h17-30H,3-16,31-32H2,1-2H3/b30-19+. The van der Waals surface area contributed by atoms with E-state index in [1.807, 2.05) is 66.7 Å². The van der Waals surface area contributed by atoms with Crippen molar-refractivity contribution in [3.63, 3.8) is 0 Å². The summed E-state index contributed by atoms with van der Waals surface area (Å²) in [4.78, 5) is 12.7. The van der Waals surface area contributed by atoms with Crippen LogP contribution in [0.5, 0.6) is 11.5 Å². The average Bonchev–Trinajstić information content (AvgIpc) is 3.03. The Morgan fingerprint density at radius 1 is 0.524 bits per heavy atom. The quantitative estimate of drug-likeness (QED) is 0.0687. The second kappa shape index (κ2) is 20.5. The number of carbonyl (C=O) groups excluding carboxylic acids is 1. The number of hydrogen-bond donors (Lipinski definition) is 0. The number of ether oxygens (including phenoxy) is 2. The molecule has 3 heteroatoms. The van der Waals surface area contributed by atoms with Gasteiger partial charge in [0.2, 0.25) is 0 Å². The molecule has 42 heavy (non-hydrogen) atoms. The van der Waals surface area contributed by atoms with E-state index in [0.29, 0.717) is 5.56 Å². The van der Waals surface area contributed by atoms with E-state index >= 15 is 0 Å². The van der Waals surface area contributed by atoms with E-state index in [9.17, 15) is 4.79 Å². The van der Waals surface area contributed by atoms with Crippen LogP contribution in [-0.4, -0.2) is 19.0 Å². The molecule has 3 aromatic carbocycles. The van der Waals surface area contributed by atoms with Gasteiger partial charge in [-0.15, -0.1) is 0 Å². The smallest absolute Gasteiger partial charge is 0.185 e. The van der Waals surface area contributed by atoms with Gasteiger partial charge in [0.15, 0.2) is 5.78 Å². The predicted molar refractivity (Wildman–Crippen MR) is 179 cm³/mol. The Hall–Kier alpha value is -3.33. The minimum atomic E-state index is -0.00600. The maximum atomic E-state index is 12.7. The lowest BCUT2D eigenvalue weighted by atomic mass is 10.0. The molecular formula is C39H52O3. The fourth-order valence-corrected chi connectivity index (χ4v) is 4.98. The molecule has 226 valence electrons. The van der Waals surface area contributed by atoms with E-state index in [-0.39, 0.29) is 5.78 Å². The summed E-state index contributed by atoms with van der Waals surface area (Å²) in [7, 11) is 0. The van der Waals surface area contributed by atoms with Crippen LogP contribution in [0.1, 0.15) is 120 Å². The van der Waals surface area contributed by atoms with Gasteiger partial charge in [-0.3, -0.25) is 4.79 Å². The molecule has 0 N–H and O–H groups in total. The summed E-state index contributed by atoms with van der Waals surface area (Å²) in [6.07, 6.45) is 21.8. The van der Waals surface area contributed by atoms with Crippen LogP contribution in [0.15, 0.2) is 78.9 Å². The van der Waals surface area contributed by atoms with Crippen molar-refractivity contribution in [3.8, 4) is 22.6 Å². The van der Waals surface area contributed by atoms with E-state index in [1.165, 1.54) is 70.6 Å². The van der Waals surface area contributed by atoms with Gasteiger partial charge in [-0.1, -0.05) is 146 Å². The Morgan fingerprint density at radius 2 is 0.952 bits per heavy atom. The highest BCUT2D eigenvalue weighted by molar-refractivity contribution is 6.07. The number of ketones is 1. The molecule has 3 nitrogen and oxygen atoms in total. The van der Waals surface area contributed by atoms with Crippen LogP contribution >= 0.6 is 0 Å². The van der Waals surface area contributed by atoms with Crippen LogP contribution in [0.3, 0.4) is 0 Å². The molecule has 0 amide bonds. The lowest BCUT2D eigenvalue weighted by Crippen LogP contribution is -1.97. The predicted octanol–water partition coefficient (Wildman–Crippen LogP) is 11.5. The van der Waals surface area contributed by atoms with Crippen LogP contribution in [0.4, 0.5) is 0 Å². The van der Waals surface area contributed by atoms with Gasteiger partial charge in [-0.05, 0) is 59.9 Å². The number of carbonyl (C=O) groups is 1. The Labute approximate surface area is 255 Å². The molecule has 3 aromatic rings. The molecule has 0 aliphatic heterocycles. The maximum Gasteiger partial charge on any atom is 0.185 e. The Bertz CT molecular complexity index is 1140. The molecule has 0 spiro atoms. The molecule has 0 saturated carbocycles. The molecular weight excluding hydrogens is 516 g/mol. The van der Waals surface area contributed by atoms with Crippen molar-refractivity contribution >= 4 is 11.9 Å². The van der Waals surface area contributed by atoms with Gasteiger partial charge in [0.1, 0.15) is 11.5 Å². The molecule has 0 aliphatic rings. The van der Waals surface area contributed by atoms with Gasteiger partial charge < -0.3 is 9.47 Å². The highest BCUT2D eigenvalue weighted by Crippen LogP contribution is 2.23. The summed E-state index contributed by atoms with van der Waals surface area (Å²) in [6, 6.07) is 23.9. The van der Waals surface area contributed by atoms with Crippen LogP contribution in [0.25, 0.3) is 17.2 Å². The van der Waals surface area contributed by atoms with Gasteiger partial charge in [0.25, 0.3) is 0 Å². The fraction of sp³-hybridized carbons (Fsp3) is 0.462. The van der Waals surface area contributed by atoms with Gasteiger partial charge in [0, 0.05) is 5.56 Å². The largest absolute Gasteiger partial charge is 0.494 e. The van der Waals surface area contributed by atoms with E-state index in [2.05, 4.69) is 26.0 Å². The summed E-state index contributed by atoms with van der Waals surface area (Å²) in [5.74, 6) is 1.77. The molecule has 0 saturated heterocycles. The first kappa shape index (κ1) is 33.2. The number of allylic oxidation sites excluding steroid dienone is 1. The zero-order valence-electron chi connectivity index (χ0n) is 26.1. The fourth-order valence-electron chi connectivity index (χ4n) is 4.98. The maximum absolute atomic E-state index is 12.7. The van der Waals surface area contributed by atoms with Gasteiger partial charge >= 0.3 is 0 Å². The Kier molecular flexibility index (Phi) is 16.2. The molecule has 0 bridgehead atoms.